The molecule has 0 aromatic heterocycles. The Hall–Kier alpha value is -1.75. The molecule has 0 fully saturated rings. The van der Waals surface area contributed by atoms with Crippen LogP contribution >= 0.6 is 0 Å². The standard InChI is InChI=1S/3C5H6O4.2Y/c3*1-3(5(8)9)2-4(6)7;;/h3*1-2H2,(H,6,7)(H,8,9);;/q;;;2*+3/p-6. The Morgan fingerprint density at radius 1 is 0.448 bits per heavy atom. The Labute approximate surface area is 214 Å². The number of hydrogen-bond donors (Lipinski definition) is 0. The maximum absolute atomic E-state index is 9.73. The van der Waals surface area contributed by atoms with Crippen molar-refractivity contribution in [2.75, 3.05) is 0 Å². The Morgan fingerprint density at radius 2 is 0.586 bits per heavy atom. The van der Waals surface area contributed by atoms with Crippen LogP contribution in [0.5, 0.6) is 0 Å². The van der Waals surface area contributed by atoms with E-state index in [0.717, 1.165) is 0 Å². The quantitative estimate of drug-likeness (QED) is 0.238. The largest absolute Gasteiger partial charge is 3.00 e. The molecule has 0 aromatic carbocycles. The molecular weight excluding hydrogens is 550 g/mol. The van der Waals surface area contributed by atoms with E-state index < -0.39 is 71.8 Å². The predicted molar refractivity (Wildman–Crippen MR) is 71.3 cm³/mol. The van der Waals surface area contributed by atoms with Gasteiger partial charge < -0.3 is 59.4 Å². The molecule has 0 N–H and O–H groups in total. The van der Waals surface area contributed by atoms with Crippen molar-refractivity contribution in [3.05, 3.63) is 36.5 Å². The first-order valence-corrected chi connectivity index (χ1v) is 6.38. The van der Waals surface area contributed by atoms with Gasteiger partial charge in [0.25, 0.3) is 0 Å². The van der Waals surface area contributed by atoms with Crippen molar-refractivity contribution in [2.24, 2.45) is 0 Å². The van der Waals surface area contributed by atoms with Gasteiger partial charge in [0.1, 0.15) is 0 Å². The average molecular weight is 562 g/mol. The van der Waals surface area contributed by atoms with Crippen molar-refractivity contribution in [2.45, 2.75) is 19.3 Å². The first-order valence-electron chi connectivity index (χ1n) is 6.38. The number of hydrogen-bond acceptors (Lipinski definition) is 12. The van der Waals surface area contributed by atoms with Gasteiger partial charge in [-0.1, -0.05) is 19.7 Å². The maximum atomic E-state index is 9.73. The second-order valence-corrected chi connectivity index (χ2v) is 4.32. The molecule has 0 aromatic rings. The minimum Gasteiger partial charge on any atom is -0.550 e. The normalized spacial score (nSPS) is 7.86. The molecule has 0 aliphatic carbocycles. The summed E-state index contributed by atoms with van der Waals surface area (Å²) in [6.07, 6.45) is -2.03. The van der Waals surface area contributed by atoms with Gasteiger partial charge in [0.2, 0.25) is 0 Å². The molecule has 14 heteroatoms. The van der Waals surface area contributed by atoms with Gasteiger partial charge in [-0.2, -0.15) is 0 Å². The fourth-order valence-corrected chi connectivity index (χ4v) is 0.739. The molecule has 0 heterocycles. The van der Waals surface area contributed by atoms with E-state index in [1.165, 1.54) is 0 Å². The van der Waals surface area contributed by atoms with E-state index in [9.17, 15) is 59.4 Å². The van der Waals surface area contributed by atoms with Crippen LogP contribution in [0, 0.1) is 0 Å². The molecule has 29 heavy (non-hydrogen) atoms. The summed E-state index contributed by atoms with van der Waals surface area (Å²) >= 11 is 0. The third-order valence-electron chi connectivity index (χ3n) is 1.94. The summed E-state index contributed by atoms with van der Waals surface area (Å²) in [6.45, 7) is 8.73. The molecule has 12 nitrogen and oxygen atoms in total. The topological polar surface area (TPSA) is 241 Å². The van der Waals surface area contributed by atoms with Crippen molar-refractivity contribution >= 4 is 35.8 Å². The van der Waals surface area contributed by atoms with Crippen LogP contribution in [0.15, 0.2) is 36.5 Å². The second kappa shape index (κ2) is 21.0. The van der Waals surface area contributed by atoms with Gasteiger partial charge in [-0.25, -0.2) is 0 Å². The molecule has 0 unspecified atom stereocenters. The second-order valence-electron chi connectivity index (χ2n) is 4.32. The molecule has 0 bridgehead atoms. The van der Waals surface area contributed by atoms with E-state index in [0.29, 0.717) is 0 Å². The smallest absolute Gasteiger partial charge is 0.550 e. The molecular formula is C15H12O12Y2. The summed E-state index contributed by atoms with van der Waals surface area (Å²) in [7, 11) is 0. The van der Waals surface area contributed by atoms with Crippen LogP contribution in [0.25, 0.3) is 0 Å². The third kappa shape index (κ3) is 31.2. The zero-order chi connectivity index (χ0) is 22.3. The van der Waals surface area contributed by atoms with E-state index in [2.05, 4.69) is 19.7 Å². The van der Waals surface area contributed by atoms with Crippen molar-refractivity contribution in [1.29, 1.82) is 0 Å². The third-order valence-corrected chi connectivity index (χ3v) is 1.94. The molecule has 0 atom stereocenters. The van der Waals surface area contributed by atoms with Gasteiger partial charge in [-0.3, -0.25) is 0 Å². The predicted octanol–water partition coefficient (Wildman–Crippen LogP) is -7.71. The molecule has 0 spiro atoms. The van der Waals surface area contributed by atoms with Gasteiger partial charge >= 0.3 is 65.4 Å². The van der Waals surface area contributed by atoms with Crippen LogP contribution < -0.4 is 30.6 Å². The summed E-state index contributed by atoms with van der Waals surface area (Å²) < 4.78 is 0. The zero-order valence-corrected chi connectivity index (χ0v) is 20.5. The van der Waals surface area contributed by atoms with E-state index in [4.69, 9.17) is 0 Å². The van der Waals surface area contributed by atoms with Crippen LogP contribution in [0.3, 0.4) is 0 Å². The monoisotopic (exact) mass is 562 g/mol. The Morgan fingerprint density at radius 3 is 0.621 bits per heavy atom. The fraction of sp³-hybridized carbons (Fsp3) is 0.200. The van der Waals surface area contributed by atoms with Gasteiger partial charge in [0, 0.05) is 37.2 Å². The number of carboxylic acids is 6. The summed E-state index contributed by atoms with van der Waals surface area (Å²) in [5, 5.41) is 58.2. The van der Waals surface area contributed by atoms with E-state index in [1.54, 1.807) is 0 Å². The summed E-state index contributed by atoms with van der Waals surface area (Å²) in [5.41, 5.74) is -1.43. The van der Waals surface area contributed by atoms with Crippen LogP contribution in [0.1, 0.15) is 19.3 Å². The molecule has 0 saturated carbocycles. The minimum atomic E-state index is -1.56. The maximum Gasteiger partial charge on any atom is 3.00 e. The first kappa shape index (κ1) is 37.9. The molecule has 0 amide bonds. The van der Waals surface area contributed by atoms with Crippen LogP contribution in [0.2, 0.25) is 0 Å². The molecule has 0 saturated heterocycles. The van der Waals surface area contributed by atoms with Crippen LogP contribution in [-0.2, 0) is 94.2 Å². The van der Waals surface area contributed by atoms with Gasteiger partial charge in [0.15, 0.2) is 0 Å². The number of carbonyl (C=O) groups is 6. The Kier molecular flexibility index (Phi) is 27.4. The number of aliphatic carboxylic acids is 6. The number of carboxylic acid groups (broad SMARTS) is 6. The van der Waals surface area contributed by atoms with E-state index in [-0.39, 0.29) is 65.4 Å². The first-order chi connectivity index (χ1) is 12.1. The van der Waals surface area contributed by atoms with Gasteiger partial charge in [0.05, 0.1) is 17.9 Å². The van der Waals surface area contributed by atoms with Crippen molar-refractivity contribution in [3.63, 3.8) is 0 Å². The van der Waals surface area contributed by atoms with E-state index in [1.807, 2.05) is 0 Å². The van der Waals surface area contributed by atoms with E-state index >= 15 is 0 Å². The van der Waals surface area contributed by atoms with Gasteiger partial charge in [-0.15, -0.1) is 0 Å². The SMILES string of the molecule is C=C(CC(=O)[O-])C(=O)[O-].C=C(CC(=O)[O-])C(=O)[O-].C=C(CC(=O)[O-])C(=O)[O-].[Y+3].[Y+3]. The average Bonchev–Trinajstić information content (AvgIpc) is 2.46. The molecule has 0 rings (SSSR count). The summed E-state index contributed by atoms with van der Waals surface area (Å²) in [5.74, 6) is -9.07. The summed E-state index contributed by atoms with van der Waals surface area (Å²) in [4.78, 5) is 58.2. The molecule has 0 aliphatic heterocycles. The Balaban J connectivity index is -0.0000000960. The zero-order valence-electron chi connectivity index (χ0n) is 14.8. The fourth-order valence-electron chi connectivity index (χ4n) is 0.739. The van der Waals surface area contributed by atoms with Crippen LogP contribution in [0.4, 0.5) is 0 Å². The molecule has 0 radical (unpaired) electrons. The molecule has 0 aliphatic rings. The number of carbonyl (C=O) groups excluding carboxylic acids is 6. The van der Waals surface area contributed by atoms with Gasteiger partial charge in [-0.05, 0) is 16.7 Å². The van der Waals surface area contributed by atoms with Crippen molar-refractivity contribution in [1.82, 2.24) is 0 Å². The van der Waals surface area contributed by atoms with Crippen molar-refractivity contribution < 1.29 is 125 Å². The minimum absolute atomic E-state index is 0. The Bertz CT molecular complexity index is 576. The van der Waals surface area contributed by atoms with Crippen molar-refractivity contribution in [3.8, 4) is 0 Å². The number of rotatable bonds is 9. The molecule has 150 valence electrons. The summed E-state index contributed by atoms with van der Waals surface area (Å²) in [6, 6.07) is 0. The van der Waals surface area contributed by atoms with Crippen LogP contribution in [-0.4, -0.2) is 35.8 Å².